The summed E-state index contributed by atoms with van der Waals surface area (Å²) in [4.78, 5) is 2.58. The molecule has 1 aromatic rings. The summed E-state index contributed by atoms with van der Waals surface area (Å²) in [5.41, 5.74) is 2.87. The van der Waals surface area contributed by atoms with Crippen molar-refractivity contribution in [3.63, 3.8) is 0 Å². The summed E-state index contributed by atoms with van der Waals surface area (Å²) in [5.74, 6) is 0.712. The van der Waals surface area contributed by atoms with E-state index in [-0.39, 0.29) is 0 Å². The van der Waals surface area contributed by atoms with Gasteiger partial charge in [0.1, 0.15) is 0 Å². The molecule has 1 aliphatic carbocycles. The lowest BCUT2D eigenvalue weighted by Crippen LogP contribution is -2.36. The molecule has 0 aromatic heterocycles. The van der Waals surface area contributed by atoms with Crippen LogP contribution in [0.25, 0.3) is 0 Å². The Balaban J connectivity index is 1.52. The van der Waals surface area contributed by atoms with E-state index in [2.05, 4.69) is 34.5 Å². The topological polar surface area (TPSA) is 24.5 Å². The fourth-order valence-electron chi connectivity index (χ4n) is 3.31. The first kappa shape index (κ1) is 15.0. The molecule has 21 heavy (non-hydrogen) atoms. The first-order chi connectivity index (χ1) is 10.3. The molecule has 0 spiro atoms. The highest BCUT2D eigenvalue weighted by molar-refractivity contribution is 5.23. The van der Waals surface area contributed by atoms with Gasteiger partial charge in [-0.05, 0) is 49.3 Å². The molecule has 1 atom stereocenters. The molecule has 3 heteroatoms. The summed E-state index contributed by atoms with van der Waals surface area (Å²) in [6.45, 7) is 5.41. The van der Waals surface area contributed by atoms with Crippen LogP contribution in [0.3, 0.4) is 0 Å². The molecule has 0 amide bonds. The zero-order chi connectivity index (χ0) is 14.5. The molecule has 1 saturated heterocycles. The molecule has 1 N–H and O–H groups in total. The molecular weight excluding hydrogens is 260 g/mol. The third-order valence-corrected chi connectivity index (χ3v) is 4.58. The number of benzene rings is 1. The van der Waals surface area contributed by atoms with E-state index < -0.39 is 0 Å². The number of piperidine rings is 1. The van der Waals surface area contributed by atoms with Gasteiger partial charge in [-0.1, -0.05) is 24.3 Å². The normalized spacial score (nSPS) is 23.4. The molecule has 1 heterocycles. The molecule has 2 aliphatic rings. The van der Waals surface area contributed by atoms with Gasteiger partial charge in [-0.15, -0.1) is 0 Å². The first-order valence-corrected chi connectivity index (χ1v) is 8.36. The van der Waals surface area contributed by atoms with Crippen LogP contribution in [-0.4, -0.2) is 37.7 Å². The predicted octanol–water partition coefficient (Wildman–Crippen LogP) is 2.80. The number of nitrogens with one attached hydrogen (secondary N) is 1. The van der Waals surface area contributed by atoms with Crippen molar-refractivity contribution in [2.24, 2.45) is 5.92 Å². The molecule has 0 bridgehead atoms. The van der Waals surface area contributed by atoms with Crippen LogP contribution in [0.4, 0.5) is 0 Å². The molecule has 1 saturated carbocycles. The third-order valence-electron chi connectivity index (χ3n) is 4.58. The maximum absolute atomic E-state index is 5.32. The molecule has 0 radical (unpaired) electrons. The summed E-state index contributed by atoms with van der Waals surface area (Å²) in [6.07, 6.45) is 5.33. The molecule has 3 rings (SSSR count). The largest absolute Gasteiger partial charge is 0.384 e. The Hall–Kier alpha value is -0.900. The maximum atomic E-state index is 5.32. The molecule has 1 aliphatic heterocycles. The quantitative estimate of drug-likeness (QED) is 0.835. The van der Waals surface area contributed by atoms with Crippen LogP contribution >= 0.6 is 0 Å². The Kier molecular flexibility index (Phi) is 5.28. The van der Waals surface area contributed by atoms with Crippen LogP contribution in [0.15, 0.2) is 24.3 Å². The Morgan fingerprint density at radius 3 is 2.90 bits per heavy atom. The fraction of sp³-hybridized carbons (Fsp3) is 0.667. The van der Waals surface area contributed by atoms with E-state index in [9.17, 15) is 0 Å². The zero-order valence-electron chi connectivity index (χ0n) is 13.2. The van der Waals surface area contributed by atoms with Crippen molar-refractivity contribution in [3.05, 3.63) is 35.4 Å². The molecule has 1 aromatic carbocycles. The van der Waals surface area contributed by atoms with Gasteiger partial charge in [0.25, 0.3) is 0 Å². The third kappa shape index (κ3) is 4.80. The van der Waals surface area contributed by atoms with Gasteiger partial charge in [0, 0.05) is 32.8 Å². The van der Waals surface area contributed by atoms with E-state index in [4.69, 9.17) is 4.74 Å². The van der Waals surface area contributed by atoms with Crippen molar-refractivity contribution in [1.29, 1.82) is 0 Å². The van der Waals surface area contributed by atoms with Crippen molar-refractivity contribution >= 4 is 0 Å². The Morgan fingerprint density at radius 2 is 2.10 bits per heavy atom. The van der Waals surface area contributed by atoms with Gasteiger partial charge in [-0.25, -0.2) is 0 Å². The zero-order valence-corrected chi connectivity index (χ0v) is 13.2. The van der Waals surface area contributed by atoms with E-state index in [1.54, 1.807) is 0 Å². The number of nitrogens with zero attached hydrogens (tertiary/aromatic N) is 1. The lowest BCUT2D eigenvalue weighted by molar-refractivity contribution is 0.0874. The second-order valence-electron chi connectivity index (χ2n) is 6.67. The predicted molar refractivity (Wildman–Crippen MR) is 86.2 cm³/mol. The molecule has 2 fully saturated rings. The number of hydrogen-bond acceptors (Lipinski definition) is 3. The second kappa shape index (κ2) is 7.39. The minimum atomic E-state index is 0.712. The average molecular weight is 288 g/mol. The van der Waals surface area contributed by atoms with Crippen LogP contribution in [0, 0.1) is 5.92 Å². The summed E-state index contributed by atoms with van der Waals surface area (Å²) < 4.78 is 5.32. The lowest BCUT2D eigenvalue weighted by atomic mass is 9.98. The highest BCUT2D eigenvalue weighted by atomic mass is 16.5. The van der Waals surface area contributed by atoms with Crippen molar-refractivity contribution in [2.75, 3.05) is 26.8 Å². The smallest absolute Gasteiger partial charge is 0.0502 e. The Bertz CT molecular complexity index is 443. The molecular formula is C18H28N2O. The summed E-state index contributed by atoms with van der Waals surface area (Å²) in [5, 5.41) is 3.60. The van der Waals surface area contributed by atoms with Gasteiger partial charge in [-0.3, -0.25) is 4.90 Å². The number of ether oxygens (including phenoxy) is 1. The van der Waals surface area contributed by atoms with Crippen LogP contribution < -0.4 is 5.32 Å². The van der Waals surface area contributed by atoms with Crippen LogP contribution in [0.2, 0.25) is 0 Å². The first-order valence-electron chi connectivity index (χ1n) is 8.36. The van der Waals surface area contributed by atoms with Crippen molar-refractivity contribution in [2.45, 2.75) is 44.8 Å². The van der Waals surface area contributed by atoms with Crippen molar-refractivity contribution in [3.8, 4) is 0 Å². The van der Waals surface area contributed by atoms with Gasteiger partial charge in [0.2, 0.25) is 0 Å². The van der Waals surface area contributed by atoms with Gasteiger partial charge in [-0.2, -0.15) is 0 Å². The summed E-state index contributed by atoms with van der Waals surface area (Å²) in [7, 11) is 1.81. The summed E-state index contributed by atoms with van der Waals surface area (Å²) in [6, 6.07) is 9.86. The summed E-state index contributed by atoms with van der Waals surface area (Å²) >= 11 is 0. The SMILES string of the molecule is COCC1CCCN(Cc2cccc(CNC3CC3)c2)C1. The van der Waals surface area contributed by atoms with E-state index in [0.29, 0.717) is 5.92 Å². The van der Waals surface area contributed by atoms with Gasteiger partial charge < -0.3 is 10.1 Å². The molecule has 116 valence electrons. The van der Waals surface area contributed by atoms with Gasteiger partial charge in [0.15, 0.2) is 0 Å². The average Bonchev–Trinajstić information content (AvgIpc) is 3.31. The highest BCUT2D eigenvalue weighted by Gasteiger charge is 2.21. The minimum absolute atomic E-state index is 0.712. The number of rotatable bonds is 7. The molecule has 3 nitrogen and oxygen atoms in total. The monoisotopic (exact) mass is 288 g/mol. The van der Waals surface area contributed by atoms with Crippen LogP contribution in [-0.2, 0) is 17.8 Å². The molecule has 1 unspecified atom stereocenters. The minimum Gasteiger partial charge on any atom is -0.384 e. The maximum Gasteiger partial charge on any atom is 0.0502 e. The van der Waals surface area contributed by atoms with E-state index in [1.807, 2.05) is 7.11 Å². The number of methoxy groups -OCH3 is 1. The fourth-order valence-corrected chi connectivity index (χ4v) is 3.31. The lowest BCUT2D eigenvalue weighted by Gasteiger charge is -2.32. The highest BCUT2D eigenvalue weighted by Crippen LogP contribution is 2.21. The second-order valence-corrected chi connectivity index (χ2v) is 6.67. The van der Waals surface area contributed by atoms with Crippen molar-refractivity contribution in [1.82, 2.24) is 10.2 Å². The Labute approximate surface area is 128 Å². The Morgan fingerprint density at radius 1 is 1.24 bits per heavy atom. The van der Waals surface area contributed by atoms with Crippen LogP contribution in [0.5, 0.6) is 0 Å². The standard InChI is InChI=1S/C18H28N2O/c1-21-14-17-6-3-9-20(13-17)12-16-5-2-4-15(10-16)11-19-18-7-8-18/h2,4-5,10,17-19H,3,6-9,11-14H2,1H3. The number of likely N-dealkylation sites (tertiary alicyclic amines) is 1. The van der Waals surface area contributed by atoms with Gasteiger partial charge >= 0.3 is 0 Å². The number of hydrogen-bond donors (Lipinski definition) is 1. The van der Waals surface area contributed by atoms with Gasteiger partial charge in [0.05, 0.1) is 6.61 Å². The van der Waals surface area contributed by atoms with E-state index >= 15 is 0 Å². The van der Waals surface area contributed by atoms with Crippen LogP contribution in [0.1, 0.15) is 36.8 Å². The van der Waals surface area contributed by atoms with E-state index in [0.717, 1.165) is 25.7 Å². The van der Waals surface area contributed by atoms with E-state index in [1.165, 1.54) is 49.9 Å². The van der Waals surface area contributed by atoms with Crippen molar-refractivity contribution < 1.29 is 4.74 Å².